The molecule has 1 aliphatic heterocycles. The van der Waals surface area contributed by atoms with Crippen LogP contribution in [-0.4, -0.2) is 70.9 Å². The second-order valence-corrected chi connectivity index (χ2v) is 6.10. The summed E-state index contributed by atoms with van der Waals surface area (Å²) in [6.07, 6.45) is 0. The number of aliphatic hydroxyl groups excluding tert-OH is 1. The van der Waals surface area contributed by atoms with E-state index in [0.29, 0.717) is 29.9 Å². The fourth-order valence-electron chi connectivity index (χ4n) is 3.10. The Morgan fingerprint density at radius 2 is 1.92 bits per heavy atom. The van der Waals surface area contributed by atoms with Crippen LogP contribution in [0.5, 0.6) is 5.75 Å². The zero-order valence-corrected chi connectivity index (χ0v) is 14.2. The van der Waals surface area contributed by atoms with Crippen LogP contribution in [-0.2, 0) is 6.67 Å². The number of hydrogen-bond donors (Lipinski definition) is 1. The number of methoxy groups -OCH3 is 1. The summed E-state index contributed by atoms with van der Waals surface area (Å²) in [5, 5.41) is 9.60. The zero-order chi connectivity index (χ0) is 17.1. The van der Waals surface area contributed by atoms with Crippen molar-refractivity contribution < 1.29 is 9.84 Å². The Bertz CT molecular complexity index is 766. The highest BCUT2D eigenvalue weighted by Crippen LogP contribution is 2.17. The van der Waals surface area contributed by atoms with Gasteiger partial charge in [0.05, 0.1) is 31.3 Å². The molecule has 24 heavy (non-hydrogen) atoms. The lowest BCUT2D eigenvalue weighted by atomic mass is 10.2. The maximum Gasteiger partial charge on any atom is 0.262 e. The van der Waals surface area contributed by atoms with Crippen LogP contribution in [0.15, 0.2) is 23.0 Å². The van der Waals surface area contributed by atoms with E-state index in [4.69, 9.17) is 9.84 Å². The lowest BCUT2D eigenvalue weighted by Gasteiger charge is -2.34. The third-order valence-electron chi connectivity index (χ3n) is 4.57. The van der Waals surface area contributed by atoms with E-state index < -0.39 is 0 Å². The first-order chi connectivity index (χ1) is 11.6. The van der Waals surface area contributed by atoms with Crippen LogP contribution in [0.4, 0.5) is 0 Å². The molecule has 0 unspecified atom stereocenters. The largest absolute Gasteiger partial charge is 0.497 e. The minimum absolute atomic E-state index is 0.0332. The van der Waals surface area contributed by atoms with Gasteiger partial charge in [-0.25, -0.2) is 4.98 Å². The third-order valence-corrected chi connectivity index (χ3v) is 4.57. The molecule has 3 rings (SSSR count). The van der Waals surface area contributed by atoms with Crippen molar-refractivity contribution in [3.05, 3.63) is 34.4 Å². The average Bonchev–Trinajstić information content (AvgIpc) is 2.60. The maximum absolute atomic E-state index is 12.9. The Labute approximate surface area is 141 Å². The SMILES string of the molecule is COc1ccc2nc(C)n(CN3CCN(CCO)CC3)c(=O)c2c1. The molecule has 0 aliphatic carbocycles. The van der Waals surface area contributed by atoms with Gasteiger partial charge < -0.3 is 9.84 Å². The molecule has 0 amide bonds. The molecule has 0 spiro atoms. The summed E-state index contributed by atoms with van der Waals surface area (Å²) in [7, 11) is 1.59. The van der Waals surface area contributed by atoms with Crippen molar-refractivity contribution in [2.75, 3.05) is 46.4 Å². The quantitative estimate of drug-likeness (QED) is 0.848. The van der Waals surface area contributed by atoms with Gasteiger partial charge in [0.2, 0.25) is 0 Å². The molecule has 1 aliphatic rings. The topological polar surface area (TPSA) is 70.8 Å². The van der Waals surface area contributed by atoms with Crippen LogP contribution >= 0.6 is 0 Å². The van der Waals surface area contributed by atoms with Crippen molar-refractivity contribution in [1.29, 1.82) is 0 Å². The van der Waals surface area contributed by atoms with Gasteiger partial charge in [-0.15, -0.1) is 0 Å². The number of piperazine rings is 1. The number of ether oxygens (including phenoxy) is 1. The van der Waals surface area contributed by atoms with Crippen molar-refractivity contribution in [3.8, 4) is 5.75 Å². The fourth-order valence-corrected chi connectivity index (χ4v) is 3.10. The smallest absolute Gasteiger partial charge is 0.262 e. The van der Waals surface area contributed by atoms with E-state index in [1.165, 1.54) is 0 Å². The van der Waals surface area contributed by atoms with E-state index in [1.807, 2.05) is 19.1 Å². The lowest BCUT2D eigenvalue weighted by molar-refractivity contribution is 0.0914. The molecular formula is C17H24N4O3. The molecule has 1 aromatic carbocycles. The van der Waals surface area contributed by atoms with E-state index in [2.05, 4.69) is 14.8 Å². The van der Waals surface area contributed by atoms with Crippen molar-refractivity contribution in [1.82, 2.24) is 19.4 Å². The summed E-state index contributed by atoms with van der Waals surface area (Å²) in [6, 6.07) is 5.39. The summed E-state index contributed by atoms with van der Waals surface area (Å²) < 4.78 is 6.95. The lowest BCUT2D eigenvalue weighted by Crippen LogP contribution is -2.48. The first-order valence-electron chi connectivity index (χ1n) is 8.23. The van der Waals surface area contributed by atoms with Crippen LogP contribution in [0.2, 0.25) is 0 Å². The second kappa shape index (κ2) is 7.29. The minimum Gasteiger partial charge on any atom is -0.497 e. The monoisotopic (exact) mass is 332 g/mol. The first kappa shape index (κ1) is 16.9. The van der Waals surface area contributed by atoms with Gasteiger partial charge in [-0.3, -0.25) is 19.2 Å². The molecule has 2 heterocycles. The van der Waals surface area contributed by atoms with Crippen LogP contribution in [0.3, 0.4) is 0 Å². The molecule has 1 aromatic heterocycles. The van der Waals surface area contributed by atoms with Gasteiger partial charge in [0.1, 0.15) is 11.6 Å². The number of rotatable bonds is 5. The van der Waals surface area contributed by atoms with Crippen LogP contribution in [0.25, 0.3) is 10.9 Å². The Morgan fingerprint density at radius 1 is 1.21 bits per heavy atom. The Balaban J connectivity index is 1.83. The molecule has 1 saturated heterocycles. The number of aliphatic hydroxyl groups is 1. The molecule has 1 N–H and O–H groups in total. The van der Waals surface area contributed by atoms with Crippen LogP contribution < -0.4 is 10.3 Å². The zero-order valence-electron chi connectivity index (χ0n) is 14.2. The van der Waals surface area contributed by atoms with Gasteiger partial charge in [-0.05, 0) is 25.1 Å². The van der Waals surface area contributed by atoms with Crippen LogP contribution in [0, 0.1) is 6.92 Å². The predicted molar refractivity (Wildman–Crippen MR) is 92.4 cm³/mol. The van der Waals surface area contributed by atoms with Crippen LogP contribution in [0.1, 0.15) is 5.82 Å². The highest BCUT2D eigenvalue weighted by atomic mass is 16.5. The molecule has 0 radical (unpaired) electrons. The van der Waals surface area contributed by atoms with Crippen molar-refractivity contribution >= 4 is 10.9 Å². The number of hydrogen-bond acceptors (Lipinski definition) is 6. The predicted octanol–water partition coefficient (Wildman–Crippen LogP) is 0.281. The number of benzene rings is 1. The van der Waals surface area contributed by atoms with E-state index >= 15 is 0 Å². The number of fused-ring (bicyclic) bond motifs is 1. The summed E-state index contributed by atoms with van der Waals surface area (Å²) in [5.74, 6) is 1.38. The van der Waals surface area contributed by atoms with E-state index in [9.17, 15) is 4.79 Å². The summed E-state index contributed by atoms with van der Waals surface area (Å²) in [4.78, 5) is 21.9. The van der Waals surface area contributed by atoms with Gasteiger partial charge in [-0.2, -0.15) is 0 Å². The van der Waals surface area contributed by atoms with E-state index in [0.717, 1.165) is 32.0 Å². The van der Waals surface area contributed by atoms with E-state index in [-0.39, 0.29) is 12.2 Å². The first-order valence-corrected chi connectivity index (χ1v) is 8.23. The van der Waals surface area contributed by atoms with Crippen molar-refractivity contribution in [3.63, 3.8) is 0 Å². The highest BCUT2D eigenvalue weighted by Gasteiger charge is 2.18. The van der Waals surface area contributed by atoms with Gasteiger partial charge in [0, 0.05) is 32.7 Å². The summed E-state index contributed by atoms with van der Waals surface area (Å²) in [5.41, 5.74) is 0.663. The number of nitrogens with zero attached hydrogens (tertiary/aromatic N) is 4. The average molecular weight is 332 g/mol. The molecule has 0 bridgehead atoms. The Kier molecular flexibility index (Phi) is 5.13. The normalized spacial score (nSPS) is 16.6. The van der Waals surface area contributed by atoms with E-state index in [1.54, 1.807) is 17.7 Å². The Morgan fingerprint density at radius 3 is 2.58 bits per heavy atom. The summed E-state index contributed by atoms with van der Waals surface area (Å²) in [6.45, 7) is 6.88. The number of aryl methyl sites for hydroxylation is 1. The fraction of sp³-hybridized carbons (Fsp3) is 0.529. The van der Waals surface area contributed by atoms with Gasteiger partial charge in [0.15, 0.2) is 0 Å². The molecule has 130 valence electrons. The second-order valence-electron chi connectivity index (χ2n) is 6.10. The molecule has 1 fully saturated rings. The standard InChI is InChI=1S/C17H24N4O3/c1-13-18-16-4-3-14(24-2)11-15(16)17(23)21(13)12-20-7-5-19(6-8-20)9-10-22/h3-4,11,22H,5-10,12H2,1-2H3. The molecule has 0 saturated carbocycles. The molecule has 7 nitrogen and oxygen atoms in total. The number of aromatic nitrogens is 2. The van der Waals surface area contributed by atoms with Gasteiger partial charge in [-0.1, -0.05) is 0 Å². The molecular weight excluding hydrogens is 308 g/mol. The van der Waals surface area contributed by atoms with Gasteiger partial charge >= 0.3 is 0 Å². The number of β-amino-alcohol motifs (C(OH)–C–C–N with tert-alkyl or cyclic N) is 1. The molecule has 0 atom stereocenters. The Hall–Kier alpha value is -1.96. The van der Waals surface area contributed by atoms with Gasteiger partial charge in [0.25, 0.3) is 5.56 Å². The third kappa shape index (κ3) is 3.43. The minimum atomic E-state index is -0.0332. The molecule has 7 heteroatoms. The maximum atomic E-state index is 12.9. The molecule has 2 aromatic rings. The van der Waals surface area contributed by atoms with Crippen molar-refractivity contribution in [2.45, 2.75) is 13.6 Å². The summed E-state index contributed by atoms with van der Waals surface area (Å²) >= 11 is 0. The van der Waals surface area contributed by atoms with Crippen molar-refractivity contribution in [2.24, 2.45) is 0 Å². The highest BCUT2D eigenvalue weighted by molar-refractivity contribution is 5.79.